The first-order chi connectivity index (χ1) is 7.62. The van der Waals surface area contributed by atoms with Gasteiger partial charge in [0.05, 0.1) is 0 Å². The summed E-state index contributed by atoms with van der Waals surface area (Å²) in [5, 5.41) is 0. The van der Waals surface area contributed by atoms with Crippen molar-refractivity contribution in [3.05, 3.63) is 16.5 Å². The first-order valence-corrected chi connectivity index (χ1v) is 6.67. The second kappa shape index (κ2) is 6.18. The van der Waals surface area contributed by atoms with E-state index in [1.165, 1.54) is 0 Å². The Balaban J connectivity index is 2.97. The van der Waals surface area contributed by atoms with Crippen LogP contribution in [0.5, 0.6) is 0 Å². The zero-order valence-electron chi connectivity index (χ0n) is 10.5. The van der Waals surface area contributed by atoms with E-state index in [9.17, 15) is 0 Å². The van der Waals surface area contributed by atoms with Crippen LogP contribution >= 0.6 is 15.9 Å². The van der Waals surface area contributed by atoms with Crippen LogP contribution in [0.4, 0.5) is 5.82 Å². The number of rotatable bonds is 5. The maximum atomic E-state index is 4.55. The lowest BCUT2D eigenvalue weighted by Crippen LogP contribution is -2.31. The summed E-state index contributed by atoms with van der Waals surface area (Å²) in [6.07, 6.45) is 3.13. The zero-order valence-corrected chi connectivity index (χ0v) is 12.1. The monoisotopic (exact) mass is 285 g/mol. The Labute approximate surface area is 106 Å². The Morgan fingerprint density at radius 3 is 2.38 bits per heavy atom. The average molecular weight is 286 g/mol. The van der Waals surface area contributed by atoms with Crippen molar-refractivity contribution in [1.82, 2.24) is 9.97 Å². The van der Waals surface area contributed by atoms with Gasteiger partial charge in [-0.25, -0.2) is 9.97 Å². The third kappa shape index (κ3) is 3.17. The highest BCUT2D eigenvalue weighted by Crippen LogP contribution is 2.19. The van der Waals surface area contributed by atoms with Crippen LogP contribution < -0.4 is 4.90 Å². The Morgan fingerprint density at radius 1 is 1.25 bits per heavy atom. The van der Waals surface area contributed by atoms with Gasteiger partial charge in [-0.2, -0.15) is 0 Å². The molecule has 90 valence electrons. The topological polar surface area (TPSA) is 29.0 Å². The van der Waals surface area contributed by atoms with Crippen LogP contribution in [0.1, 0.15) is 39.4 Å². The summed E-state index contributed by atoms with van der Waals surface area (Å²) in [5.41, 5.74) is 0. The van der Waals surface area contributed by atoms with E-state index >= 15 is 0 Å². The summed E-state index contributed by atoms with van der Waals surface area (Å²) in [4.78, 5) is 11.1. The molecule has 0 amide bonds. The quantitative estimate of drug-likeness (QED) is 0.777. The Bertz CT molecular complexity index is 337. The molecular formula is C12H20BrN3. The third-order valence-electron chi connectivity index (χ3n) is 2.90. The SMILES string of the molecule is CCc1nc(Br)cc(N(C)C(CC)CC)n1. The zero-order chi connectivity index (χ0) is 12.1. The van der Waals surface area contributed by atoms with Crippen LogP contribution in [0.2, 0.25) is 0 Å². The van der Waals surface area contributed by atoms with Gasteiger partial charge in [-0.05, 0) is 28.8 Å². The third-order valence-corrected chi connectivity index (χ3v) is 3.30. The fraction of sp³-hybridized carbons (Fsp3) is 0.667. The first-order valence-electron chi connectivity index (χ1n) is 5.88. The summed E-state index contributed by atoms with van der Waals surface area (Å²) >= 11 is 3.44. The molecule has 0 saturated heterocycles. The van der Waals surface area contributed by atoms with Gasteiger partial charge in [0.15, 0.2) is 0 Å². The average Bonchev–Trinajstić information content (AvgIpc) is 2.29. The summed E-state index contributed by atoms with van der Waals surface area (Å²) in [6.45, 7) is 6.49. The highest BCUT2D eigenvalue weighted by molar-refractivity contribution is 9.10. The number of aryl methyl sites for hydroxylation is 1. The number of hydrogen-bond acceptors (Lipinski definition) is 3. The molecule has 3 nitrogen and oxygen atoms in total. The number of hydrogen-bond donors (Lipinski definition) is 0. The van der Waals surface area contributed by atoms with E-state index in [1.807, 2.05) is 6.07 Å². The van der Waals surface area contributed by atoms with E-state index in [2.05, 4.69) is 58.6 Å². The van der Waals surface area contributed by atoms with Crippen molar-refractivity contribution in [1.29, 1.82) is 0 Å². The van der Waals surface area contributed by atoms with Gasteiger partial charge >= 0.3 is 0 Å². The molecule has 16 heavy (non-hydrogen) atoms. The lowest BCUT2D eigenvalue weighted by Gasteiger charge is -2.27. The van der Waals surface area contributed by atoms with Crippen molar-refractivity contribution in [3.63, 3.8) is 0 Å². The van der Waals surface area contributed by atoms with Crippen LogP contribution in [-0.4, -0.2) is 23.1 Å². The molecule has 0 saturated carbocycles. The molecule has 0 spiro atoms. The molecule has 0 fully saturated rings. The van der Waals surface area contributed by atoms with E-state index in [0.717, 1.165) is 35.5 Å². The number of nitrogens with zero attached hydrogens (tertiary/aromatic N) is 3. The number of halogens is 1. The summed E-state index contributed by atoms with van der Waals surface area (Å²) in [5.74, 6) is 1.90. The van der Waals surface area contributed by atoms with E-state index in [4.69, 9.17) is 0 Å². The van der Waals surface area contributed by atoms with Gasteiger partial charge in [0, 0.05) is 25.6 Å². The Hall–Kier alpha value is -0.640. The molecule has 1 aromatic rings. The van der Waals surface area contributed by atoms with E-state index in [1.54, 1.807) is 0 Å². The molecule has 0 bridgehead atoms. The molecule has 4 heteroatoms. The van der Waals surface area contributed by atoms with Crippen LogP contribution in [-0.2, 0) is 6.42 Å². The van der Waals surface area contributed by atoms with Crippen molar-refractivity contribution >= 4 is 21.7 Å². The van der Waals surface area contributed by atoms with Gasteiger partial charge in [-0.15, -0.1) is 0 Å². The van der Waals surface area contributed by atoms with Crippen molar-refractivity contribution in [2.45, 2.75) is 46.1 Å². The van der Waals surface area contributed by atoms with Gasteiger partial charge < -0.3 is 4.90 Å². The van der Waals surface area contributed by atoms with Gasteiger partial charge in [0.2, 0.25) is 0 Å². The minimum absolute atomic E-state index is 0.548. The first kappa shape index (κ1) is 13.4. The molecule has 0 N–H and O–H groups in total. The normalized spacial score (nSPS) is 10.9. The largest absolute Gasteiger partial charge is 0.357 e. The summed E-state index contributed by atoms with van der Waals surface area (Å²) in [7, 11) is 2.10. The van der Waals surface area contributed by atoms with Crippen molar-refractivity contribution in [2.24, 2.45) is 0 Å². The maximum absolute atomic E-state index is 4.55. The number of aromatic nitrogens is 2. The predicted octanol–water partition coefficient (Wildman–Crippen LogP) is 3.43. The lowest BCUT2D eigenvalue weighted by molar-refractivity contribution is 0.585. The van der Waals surface area contributed by atoms with Crippen LogP contribution in [0.25, 0.3) is 0 Å². The fourth-order valence-electron chi connectivity index (χ4n) is 1.81. The number of anilines is 1. The molecule has 1 aromatic heterocycles. The Morgan fingerprint density at radius 2 is 1.88 bits per heavy atom. The minimum Gasteiger partial charge on any atom is -0.357 e. The van der Waals surface area contributed by atoms with E-state index in [-0.39, 0.29) is 0 Å². The standard InChI is InChI=1S/C12H20BrN3/c1-5-9(6-2)16(4)12-8-10(13)14-11(7-3)15-12/h8-9H,5-7H2,1-4H3. The molecule has 1 heterocycles. The van der Waals surface area contributed by atoms with Gasteiger partial charge in [0.25, 0.3) is 0 Å². The minimum atomic E-state index is 0.548. The van der Waals surface area contributed by atoms with Gasteiger partial charge in [-0.3, -0.25) is 0 Å². The van der Waals surface area contributed by atoms with E-state index in [0.29, 0.717) is 6.04 Å². The highest BCUT2D eigenvalue weighted by Gasteiger charge is 2.13. The molecule has 1 rings (SSSR count). The van der Waals surface area contributed by atoms with Crippen molar-refractivity contribution in [3.8, 4) is 0 Å². The second-order valence-electron chi connectivity index (χ2n) is 3.90. The molecule has 0 atom stereocenters. The van der Waals surface area contributed by atoms with Gasteiger partial charge in [0.1, 0.15) is 16.2 Å². The molecule has 0 aliphatic heterocycles. The molecule has 0 unspecified atom stereocenters. The van der Waals surface area contributed by atoms with Crippen LogP contribution in [0.15, 0.2) is 10.7 Å². The molecule has 0 aliphatic rings. The highest BCUT2D eigenvalue weighted by atomic mass is 79.9. The molecule has 0 aliphatic carbocycles. The van der Waals surface area contributed by atoms with Crippen molar-refractivity contribution in [2.75, 3.05) is 11.9 Å². The Kier molecular flexibility index (Phi) is 5.19. The maximum Gasteiger partial charge on any atom is 0.133 e. The van der Waals surface area contributed by atoms with Crippen molar-refractivity contribution < 1.29 is 0 Å². The second-order valence-corrected chi connectivity index (χ2v) is 4.71. The fourth-order valence-corrected chi connectivity index (χ4v) is 2.22. The molecule has 0 radical (unpaired) electrons. The van der Waals surface area contributed by atoms with Crippen LogP contribution in [0.3, 0.4) is 0 Å². The van der Waals surface area contributed by atoms with E-state index < -0.39 is 0 Å². The molecule has 0 aromatic carbocycles. The molecular weight excluding hydrogens is 266 g/mol. The summed E-state index contributed by atoms with van der Waals surface area (Å²) in [6, 6.07) is 2.53. The lowest BCUT2D eigenvalue weighted by atomic mass is 10.1. The smallest absolute Gasteiger partial charge is 0.133 e. The summed E-state index contributed by atoms with van der Waals surface area (Å²) < 4.78 is 0.868. The van der Waals surface area contributed by atoms with Crippen LogP contribution in [0, 0.1) is 0 Å². The predicted molar refractivity (Wildman–Crippen MR) is 71.9 cm³/mol. The van der Waals surface area contributed by atoms with Gasteiger partial charge in [-0.1, -0.05) is 20.8 Å².